The Bertz CT molecular complexity index is 860. The number of nitrogens with zero attached hydrogens (tertiary/aromatic N) is 1. The number of amides is 1. The van der Waals surface area contributed by atoms with Crippen molar-refractivity contribution < 1.29 is 23.8 Å². The van der Waals surface area contributed by atoms with Gasteiger partial charge in [0.05, 0.1) is 20.3 Å². The first-order valence-corrected chi connectivity index (χ1v) is 9.57. The molecule has 0 spiro atoms. The Hall–Kier alpha value is -3.06. The number of Topliss-reactive ketones (excluding diaryl/α,β-unsaturated/α-hetero) is 1. The molecule has 154 valence electrons. The highest BCUT2D eigenvalue weighted by molar-refractivity contribution is 5.95. The standard InChI is InChI=1S/C22H26N2O5/c1-15(25)17-4-9-20(21(14-17)27-3)29-16(2)22(26)23-18-5-7-19(8-6-18)24-10-12-28-13-11-24/h4-9,14,16H,10-13H2,1-3H3,(H,23,26)/t16-/m1/s1. The van der Waals surface area contributed by atoms with E-state index in [1.165, 1.54) is 14.0 Å². The maximum Gasteiger partial charge on any atom is 0.265 e. The van der Waals surface area contributed by atoms with E-state index in [-0.39, 0.29) is 11.7 Å². The van der Waals surface area contributed by atoms with Crippen LogP contribution in [-0.2, 0) is 9.53 Å². The fourth-order valence-electron chi connectivity index (χ4n) is 3.05. The minimum atomic E-state index is -0.744. The van der Waals surface area contributed by atoms with Crippen LogP contribution in [0.25, 0.3) is 0 Å². The highest BCUT2D eigenvalue weighted by atomic mass is 16.5. The van der Waals surface area contributed by atoms with Crippen molar-refractivity contribution in [1.29, 1.82) is 0 Å². The first-order chi connectivity index (χ1) is 14.0. The van der Waals surface area contributed by atoms with Gasteiger partial charge < -0.3 is 24.4 Å². The van der Waals surface area contributed by atoms with Crippen molar-refractivity contribution in [2.45, 2.75) is 20.0 Å². The molecule has 3 rings (SSSR count). The Labute approximate surface area is 170 Å². The monoisotopic (exact) mass is 398 g/mol. The molecule has 1 heterocycles. The number of hydrogen-bond donors (Lipinski definition) is 1. The van der Waals surface area contributed by atoms with E-state index in [2.05, 4.69) is 10.2 Å². The zero-order chi connectivity index (χ0) is 20.8. The molecule has 1 atom stereocenters. The number of carbonyl (C=O) groups is 2. The van der Waals surface area contributed by atoms with Gasteiger partial charge in [-0.1, -0.05) is 0 Å². The smallest absolute Gasteiger partial charge is 0.265 e. The Balaban J connectivity index is 1.61. The summed E-state index contributed by atoms with van der Waals surface area (Å²) in [6, 6.07) is 12.6. The van der Waals surface area contributed by atoms with Gasteiger partial charge in [0, 0.05) is 30.0 Å². The third-order valence-electron chi connectivity index (χ3n) is 4.75. The fraction of sp³-hybridized carbons (Fsp3) is 0.364. The van der Waals surface area contributed by atoms with E-state index in [1.807, 2.05) is 24.3 Å². The topological polar surface area (TPSA) is 77.1 Å². The maximum absolute atomic E-state index is 12.5. The molecule has 1 aliphatic heterocycles. The summed E-state index contributed by atoms with van der Waals surface area (Å²) in [6.07, 6.45) is -0.744. The van der Waals surface area contributed by atoms with Gasteiger partial charge in [-0.2, -0.15) is 0 Å². The molecule has 1 saturated heterocycles. The molecule has 1 N–H and O–H groups in total. The van der Waals surface area contributed by atoms with Crippen molar-refractivity contribution >= 4 is 23.1 Å². The molecule has 0 saturated carbocycles. The van der Waals surface area contributed by atoms with Crippen LogP contribution in [0.1, 0.15) is 24.2 Å². The van der Waals surface area contributed by atoms with Crippen LogP contribution in [0, 0.1) is 0 Å². The van der Waals surface area contributed by atoms with Crippen LogP contribution in [0.2, 0.25) is 0 Å². The van der Waals surface area contributed by atoms with E-state index in [9.17, 15) is 9.59 Å². The molecule has 0 unspecified atom stereocenters. The predicted octanol–water partition coefficient (Wildman–Crippen LogP) is 3.14. The highest BCUT2D eigenvalue weighted by Crippen LogP contribution is 2.29. The zero-order valence-electron chi connectivity index (χ0n) is 16.9. The molecule has 2 aromatic rings. The van der Waals surface area contributed by atoms with Gasteiger partial charge in [-0.05, 0) is 56.3 Å². The molecule has 29 heavy (non-hydrogen) atoms. The van der Waals surface area contributed by atoms with E-state index in [0.29, 0.717) is 22.7 Å². The zero-order valence-corrected chi connectivity index (χ0v) is 16.9. The number of ether oxygens (including phenoxy) is 3. The molecule has 0 aliphatic carbocycles. The minimum Gasteiger partial charge on any atom is -0.493 e. The molecule has 1 amide bonds. The third kappa shape index (κ3) is 5.26. The lowest BCUT2D eigenvalue weighted by molar-refractivity contribution is -0.122. The Morgan fingerprint density at radius 3 is 2.38 bits per heavy atom. The SMILES string of the molecule is COc1cc(C(C)=O)ccc1O[C@H](C)C(=O)Nc1ccc(N2CCOCC2)cc1. The van der Waals surface area contributed by atoms with Gasteiger partial charge in [0.25, 0.3) is 5.91 Å². The van der Waals surface area contributed by atoms with Crippen molar-refractivity contribution in [2.75, 3.05) is 43.6 Å². The van der Waals surface area contributed by atoms with Crippen molar-refractivity contribution in [3.8, 4) is 11.5 Å². The second-order valence-electron chi connectivity index (χ2n) is 6.82. The number of methoxy groups -OCH3 is 1. The van der Waals surface area contributed by atoms with Crippen LogP contribution < -0.4 is 19.7 Å². The molecule has 7 nitrogen and oxygen atoms in total. The van der Waals surface area contributed by atoms with Gasteiger partial charge in [0.15, 0.2) is 23.4 Å². The fourth-order valence-corrected chi connectivity index (χ4v) is 3.05. The molecule has 0 bridgehead atoms. The van der Waals surface area contributed by atoms with Gasteiger partial charge in [-0.3, -0.25) is 9.59 Å². The second-order valence-corrected chi connectivity index (χ2v) is 6.82. The van der Waals surface area contributed by atoms with Crippen LogP contribution in [0.4, 0.5) is 11.4 Å². The number of hydrogen-bond acceptors (Lipinski definition) is 6. The van der Waals surface area contributed by atoms with Gasteiger partial charge in [-0.15, -0.1) is 0 Å². The minimum absolute atomic E-state index is 0.0684. The molecule has 1 aliphatic rings. The van der Waals surface area contributed by atoms with E-state index in [4.69, 9.17) is 14.2 Å². The van der Waals surface area contributed by atoms with Crippen molar-refractivity contribution in [1.82, 2.24) is 0 Å². The van der Waals surface area contributed by atoms with Crippen LogP contribution in [-0.4, -0.2) is 51.2 Å². The van der Waals surface area contributed by atoms with E-state index in [0.717, 1.165) is 32.0 Å². The van der Waals surface area contributed by atoms with Crippen molar-refractivity contribution in [3.63, 3.8) is 0 Å². The number of morpholine rings is 1. The molecule has 0 aromatic heterocycles. The van der Waals surface area contributed by atoms with Gasteiger partial charge in [-0.25, -0.2) is 0 Å². The largest absolute Gasteiger partial charge is 0.493 e. The second kappa shape index (κ2) is 9.43. The number of nitrogens with one attached hydrogen (secondary N) is 1. The summed E-state index contributed by atoms with van der Waals surface area (Å²) in [5.74, 6) is 0.470. The number of rotatable bonds is 7. The molecule has 2 aromatic carbocycles. The van der Waals surface area contributed by atoms with Crippen LogP contribution >= 0.6 is 0 Å². The van der Waals surface area contributed by atoms with Crippen molar-refractivity contribution in [3.05, 3.63) is 48.0 Å². The lowest BCUT2D eigenvalue weighted by Gasteiger charge is -2.29. The molecule has 7 heteroatoms. The number of carbonyl (C=O) groups excluding carboxylic acids is 2. The van der Waals surface area contributed by atoms with E-state index in [1.54, 1.807) is 25.1 Å². The van der Waals surface area contributed by atoms with E-state index < -0.39 is 6.10 Å². The highest BCUT2D eigenvalue weighted by Gasteiger charge is 2.18. The number of anilines is 2. The van der Waals surface area contributed by atoms with Crippen LogP contribution in [0.3, 0.4) is 0 Å². The quantitative estimate of drug-likeness (QED) is 0.722. The lowest BCUT2D eigenvalue weighted by Crippen LogP contribution is -2.36. The molecule has 0 radical (unpaired) electrons. The summed E-state index contributed by atoms with van der Waals surface area (Å²) in [6.45, 7) is 6.32. The summed E-state index contributed by atoms with van der Waals surface area (Å²) >= 11 is 0. The average molecular weight is 398 g/mol. The summed E-state index contributed by atoms with van der Waals surface area (Å²) < 4.78 is 16.4. The molecular weight excluding hydrogens is 372 g/mol. The van der Waals surface area contributed by atoms with Crippen LogP contribution in [0.15, 0.2) is 42.5 Å². The van der Waals surface area contributed by atoms with Crippen molar-refractivity contribution in [2.24, 2.45) is 0 Å². The predicted molar refractivity (Wildman–Crippen MR) is 111 cm³/mol. The first kappa shape index (κ1) is 20.7. The Morgan fingerprint density at radius 1 is 1.07 bits per heavy atom. The Morgan fingerprint density at radius 2 is 1.76 bits per heavy atom. The summed E-state index contributed by atoms with van der Waals surface area (Å²) in [5.41, 5.74) is 2.32. The van der Waals surface area contributed by atoms with Gasteiger partial charge in [0.1, 0.15) is 0 Å². The van der Waals surface area contributed by atoms with Gasteiger partial charge in [0.2, 0.25) is 0 Å². The summed E-state index contributed by atoms with van der Waals surface area (Å²) in [5, 5.41) is 2.86. The normalized spacial score (nSPS) is 14.8. The average Bonchev–Trinajstić information content (AvgIpc) is 2.75. The summed E-state index contributed by atoms with van der Waals surface area (Å²) in [4.78, 5) is 26.3. The van der Waals surface area contributed by atoms with E-state index >= 15 is 0 Å². The lowest BCUT2D eigenvalue weighted by atomic mass is 10.1. The number of ketones is 1. The number of benzene rings is 2. The third-order valence-corrected chi connectivity index (χ3v) is 4.75. The Kier molecular flexibility index (Phi) is 6.72. The molecule has 1 fully saturated rings. The summed E-state index contributed by atoms with van der Waals surface area (Å²) in [7, 11) is 1.49. The molecular formula is C22H26N2O5. The van der Waals surface area contributed by atoms with Crippen LogP contribution in [0.5, 0.6) is 11.5 Å². The first-order valence-electron chi connectivity index (χ1n) is 9.57. The van der Waals surface area contributed by atoms with Gasteiger partial charge >= 0.3 is 0 Å². The maximum atomic E-state index is 12.5.